The van der Waals surface area contributed by atoms with Crippen LogP contribution in [0.25, 0.3) is 0 Å². The molecule has 0 aliphatic carbocycles. The number of nitrogen functional groups attached to an aromatic ring is 1. The molecule has 0 saturated heterocycles. The molecule has 0 radical (unpaired) electrons. The number of anilines is 1. The first kappa shape index (κ1) is 13.2. The number of nitrogens with one attached hydrogen (secondary N) is 1. The summed E-state index contributed by atoms with van der Waals surface area (Å²) in [6.07, 6.45) is 2.04. The van der Waals surface area contributed by atoms with Crippen LogP contribution >= 0.6 is 11.6 Å². The molecule has 0 aliphatic rings. The molecular formula is C10H13ClN4O2. The smallest absolute Gasteiger partial charge is 0.253 e. The predicted molar refractivity (Wildman–Crippen MR) is 64.4 cm³/mol. The number of primary amides is 1. The molecule has 1 aromatic heterocycles. The van der Waals surface area contributed by atoms with E-state index in [0.29, 0.717) is 13.0 Å². The van der Waals surface area contributed by atoms with Crippen molar-refractivity contribution in [1.29, 1.82) is 0 Å². The second kappa shape index (κ2) is 6.05. The molecule has 0 unspecified atom stereocenters. The molecule has 1 aromatic rings. The third kappa shape index (κ3) is 4.28. The average Bonchev–Trinajstić information content (AvgIpc) is 2.27. The lowest BCUT2D eigenvalue weighted by atomic mass is 10.2. The Morgan fingerprint density at radius 3 is 2.82 bits per heavy atom. The first-order valence-corrected chi connectivity index (χ1v) is 5.36. The van der Waals surface area contributed by atoms with E-state index in [0.717, 1.165) is 0 Å². The summed E-state index contributed by atoms with van der Waals surface area (Å²) in [7, 11) is 0. The SMILES string of the molecule is NC(=O)CCCNC(=O)c1cc(Cl)ncc1N. The van der Waals surface area contributed by atoms with Gasteiger partial charge in [-0.25, -0.2) is 4.98 Å². The van der Waals surface area contributed by atoms with Crippen LogP contribution in [0.15, 0.2) is 12.3 Å². The van der Waals surface area contributed by atoms with E-state index < -0.39 is 5.91 Å². The Balaban J connectivity index is 2.52. The number of amides is 2. The second-order valence-corrected chi connectivity index (χ2v) is 3.81. The number of rotatable bonds is 5. The van der Waals surface area contributed by atoms with Gasteiger partial charge in [0.25, 0.3) is 5.91 Å². The third-order valence-electron chi connectivity index (χ3n) is 2.03. The molecule has 0 saturated carbocycles. The zero-order valence-corrected chi connectivity index (χ0v) is 9.83. The lowest BCUT2D eigenvalue weighted by molar-refractivity contribution is -0.118. The highest BCUT2D eigenvalue weighted by molar-refractivity contribution is 6.29. The number of hydrogen-bond acceptors (Lipinski definition) is 4. The number of aromatic nitrogens is 1. The van der Waals surface area contributed by atoms with Crippen LogP contribution in [0.2, 0.25) is 5.15 Å². The maximum absolute atomic E-state index is 11.7. The maximum atomic E-state index is 11.7. The van der Waals surface area contributed by atoms with Crippen molar-refractivity contribution in [1.82, 2.24) is 10.3 Å². The van der Waals surface area contributed by atoms with Gasteiger partial charge < -0.3 is 16.8 Å². The number of carbonyl (C=O) groups excluding carboxylic acids is 2. The van der Waals surface area contributed by atoms with Crippen molar-refractivity contribution in [3.05, 3.63) is 23.0 Å². The number of nitrogens with zero attached hydrogens (tertiary/aromatic N) is 1. The molecule has 17 heavy (non-hydrogen) atoms. The van der Waals surface area contributed by atoms with Gasteiger partial charge in [-0.05, 0) is 12.5 Å². The molecule has 1 rings (SSSR count). The zero-order valence-electron chi connectivity index (χ0n) is 9.07. The molecule has 5 N–H and O–H groups in total. The van der Waals surface area contributed by atoms with Crippen LogP contribution in [0.4, 0.5) is 5.69 Å². The van der Waals surface area contributed by atoms with Gasteiger partial charge in [-0.3, -0.25) is 9.59 Å². The van der Waals surface area contributed by atoms with Crippen LogP contribution in [0, 0.1) is 0 Å². The first-order valence-electron chi connectivity index (χ1n) is 4.98. The predicted octanol–water partition coefficient (Wildman–Crippen LogP) is 0.312. The quantitative estimate of drug-likeness (QED) is 0.520. The molecule has 2 amide bonds. The van der Waals surface area contributed by atoms with Crippen molar-refractivity contribution in [3.63, 3.8) is 0 Å². The van der Waals surface area contributed by atoms with Gasteiger partial charge in [-0.15, -0.1) is 0 Å². The van der Waals surface area contributed by atoms with E-state index >= 15 is 0 Å². The Morgan fingerprint density at radius 1 is 1.47 bits per heavy atom. The molecule has 92 valence electrons. The fourth-order valence-corrected chi connectivity index (χ4v) is 1.35. The molecule has 7 heteroatoms. The summed E-state index contributed by atoms with van der Waals surface area (Å²) in [5, 5.41) is 2.81. The van der Waals surface area contributed by atoms with Crippen molar-refractivity contribution in [3.8, 4) is 0 Å². The summed E-state index contributed by atoms with van der Waals surface area (Å²) in [5.41, 5.74) is 11.1. The van der Waals surface area contributed by atoms with E-state index in [2.05, 4.69) is 10.3 Å². The van der Waals surface area contributed by atoms with E-state index in [1.54, 1.807) is 0 Å². The van der Waals surface area contributed by atoms with Gasteiger partial charge in [0.05, 0.1) is 17.4 Å². The highest BCUT2D eigenvalue weighted by atomic mass is 35.5. The van der Waals surface area contributed by atoms with E-state index in [1.165, 1.54) is 12.3 Å². The van der Waals surface area contributed by atoms with E-state index in [1.807, 2.05) is 0 Å². The molecule has 0 spiro atoms. The Morgan fingerprint density at radius 2 is 2.18 bits per heavy atom. The van der Waals surface area contributed by atoms with E-state index in [9.17, 15) is 9.59 Å². The molecule has 0 atom stereocenters. The number of halogens is 1. The van der Waals surface area contributed by atoms with Crippen LogP contribution in [-0.2, 0) is 4.79 Å². The fraction of sp³-hybridized carbons (Fsp3) is 0.300. The highest BCUT2D eigenvalue weighted by Crippen LogP contribution is 2.14. The molecule has 1 heterocycles. The van der Waals surface area contributed by atoms with Crippen LogP contribution in [0.3, 0.4) is 0 Å². The summed E-state index contributed by atoms with van der Waals surface area (Å²) in [6, 6.07) is 1.39. The molecule has 0 aromatic carbocycles. The van der Waals surface area contributed by atoms with Gasteiger partial charge in [0.2, 0.25) is 5.91 Å². The number of pyridine rings is 1. The molecule has 0 aliphatic heterocycles. The molecule has 0 bridgehead atoms. The summed E-state index contributed by atoms with van der Waals surface area (Å²) >= 11 is 5.66. The Hall–Kier alpha value is -1.82. The molecule has 6 nitrogen and oxygen atoms in total. The maximum Gasteiger partial charge on any atom is 0.253 e. The lowest BCUT2D eigenvalue weighted by Gasteiger charge is -2.06. The van der Waals surface area contributed by atoms with Gasteiger partial charge in [-0.1, -0.05) is 11.6 Å². The third-order valence-corrected chi connectivity index (χ3v) is 2.24. The Bertz CT molecular complexity index is 436. The topological polar surface area (TPSA) is 111 Å². The zero-order chi connectivity index (χ0) is 12.8. The van der Waals surface area contributed by atoms with Crippen LogP contribution in [0.1, 0.15) is 23.2 Å². The summed E-state index contributed by atoms with van der Waals surface area (Å²) < 4.78 is 0. The van der Waals surface area contributed by atoms with Gasteiger partial charge in [0.1, 0.15) is 5.15 Å². The number of carbonyl (C=O) groups is 2. The molecular weight excluding hydrogens is 244 g/mol. The number of hydrogen-bond donors (Lipinski definition) is 3. The van der Waals surface area contributed by atoms with Crippen molar-refractivity contribution >= 4 is 29.1 Å². The largest absolute Gasteiger partial charge is 0.397 e. The minimum Gasteiger partial charge on any atom is -0.397 e. The summed E-state index contributed by atoms with van der Waals surface area (Å²) in [6.45, 7) is 0.348. The van der Waals surface area contributed by atoms with Crippen molar-refractivity contribution in [2.75, 3.05) is 12.3 Å². The number of nitrogens with two attached hydrogens (primary N) is 2. The van der Waals surface area contributed by atoms with Gasteiger partial charge in [-0.2, -0.15) is 0 Å². The summed E-state index contributed by atoms with van der Waals surface area (Å²) in [5.74, 6) is -0.748. The molecule has 0 fully saturated rings. The van der Waals surface area contributed by atoms with Gasteiger partial charge in [0.15, 0.2) is 0 Å². The van der Waals surface area contributed by atoms with Crippen LogP contribution in [0.5, 0.6) is 0 Å². The second-order valence-electron chi connectivity index (χ2n) is 3.42. The minimum atomic E-state index is -0.397. The minimum absolute atomic E-state index is 0.196. The normalized spacial score (nSPS) is 9.94. The monoisotopic (exact) mass is 256 g/mol. The van der Waals surface area contributed by atoms with Crippen molar-refractivity contribution in [2.45, 2.75) is 12.8 Å². The van der Waals surface area contributed by atoms with Gasteiger partial charge in [0, 0.05) is 13.0 Å². The fourth-order valence-electron chi connectivity index (χ4n) is 1.20. The van der Waals surface area contributed by atoms with Crippen molar-refractivity contribution in [2.24, 2.45) is 5.73 Å². The highest BCUT2D eigenvalue weighted by Gasteiger charge is 2.10. The first-order chi connectivity index (χ1) is 8.00. The van der Waals surface area contributed by atoms with E-state index in [-0.39, 0.29) is 28.7 Å². The van der Waals surface area contributed by atoms with Crippen LogP contribution in [-0.4, -0.2) is 23.3 Å². The Kier molecular flexibility index (Phi) is 4.71. The van der Waals surface area contributed by atoms with Crippen LogP contribution < -0.4 is 16.8 Å². The average molecular weight is 257 g/mol. The summed E-state index contributed by atoms with van der Waals surface area (Å²) in [4.78, 5) is 25.9. The van der Waals surface area contributed by atoms with Crippen molar-refractivity contribution < 1.29 is 9.59 Å². The standard InChI is InChI=1S/C10H13ClN4O2/c11-8-4-6(7(12)5-15-8)10(17)14-3-1-2-9(13)16/h4-5H,1-3,12H2,(H2,13,16)(H,14,17). The van der Waals surface area contributed by atoms with E-state index in [4.69, 9.17) is 23.1 Å². The lowest BCUT2D eigenvalue weighted by Crippen LogP contribution is -2.26. The Labute approximate surface area is 103 Å². The van der Waals surface area contributed by atoms with Gasteiger partial charge >= 0.3 is 0 Å².